The summed E-state index contributed by atoms with van der Waals surface area (Å²) in [6.45, 7) is 4.14. The highest BCUT2D eigenvalue weighted by Crippen LogP contribution is 2.30. The summed E-state index contributed by atoms with van der Waals surface area (Å²) in [5, 5.41) is 0. The van der Waals surface area contributed by atoms with Crippen LogP contribution >= 0.6 is 15.9 Å². The van der Waals surface area contributed by atoms with Crippen LogP contribution in [0.15, 0.2) is 16.6 Å². The molecule has 1 aliphatic rings. The Bertz CT molecular complexity index is 405. The van der Waals surface area contributed by atoms with E-state index in [4.69, 9.17) is 0 Å². The SMILES string of the molecule is CCN(Cc1c(F)ccc(Br)c1F)CC1CC1. The molecule has 1 nitrogen and oxygen atoms in total. The van der Waals surface area contributed by atoms with Crippen LogP contribution in [-0.4, -0.2) is 18.0 Å². The van der Waals surface area contributed by atoms with Crippen molar-refractivity contribution >= 4 is 15.9 Å². The van der Waals surface area contributed by atoms with Crippen molar-refractivity contribution in [2.45, 2.75) is 26.3 Å². The van der Waals surface area contributed by atoms with Crippen molar-refractivity contribution in [3.05, 3.63) is 33.8 Å². The predicted octanol–water partition coefficient (Wildman–Crippen LogP) is 3.96. The van der Waals surface area contributed by atoms with Gasteiger partial charge in [0.15, 0.2) is 0 Å². The lowest BCUT2D eigenvalue weighted by Gasteiger charge is -2.21. The molecule has 0 radical (unpaired) electrons. The lowest BCUT2D eigenvalue weighted by molar-refractivity contribution is 0.260. The smallest absolute Gasteiger partial charge is 0.144 e. The predicted molar refractivity (Wildman–Crippen MR) is 67.7 cm³/mol. The largest absolute Gasteiger partial charge is 0.299 e. The van der Waals surface area contributed by atoms with E-state index in [0.717, 1.165) is 19.0 Å². The molecule has 0 aromatic heterocycles. The Balaban J connectivity index is 2.12. The zero-order valence-corrected chi connectivity index (χ0v) is 11.4. The minimum atomic E-state index is -0.473. The summed E-state index contributed by atoms with van der Waals surface area (Å²) in [4.78, 5) is 2.10. The lowest BCUT2D eigenvalue weighted by Crippen LogP contribution is -2.26. The van der Waals surface area contributed by atoms with Crippen molar-refractivity contribution in [3.63, 3.8) is 0 Å². The van der Waals surface area contributed by atoms with Gasteiger partial charge in [0, 0.05) is 18.7 Å². The van der Waals surface area contributed by atoms with Gasteiger partial charge in [0.1, 0.15) is 11.6 Å². The Morgan fingerprint density at radius 3 is 2.65 bits per heavy atom. The van der Waals surface area contributed by atoms with E-state index in [0.29, 0.717) is 11.0 Å². The average Bonchev–Trinajstić information content (AvgIpc) is 3.12. The van der Waals surface area contributed by atoms with Crippen molar-refractivity contribution < 1.29 is 8.78 Å². The molecule has 1 aromatic carbocycles. The second-order valence-electron chi connectivity index (χ2n) is 4.59. The van der Waals surface area contributed by atoms with Gasteiger partial charge in [-0.3, -0.25) is 4.90 Å². The summed E-state index contributed by atoms with van der Waals surface area (Å²) >= 11 is 3.10. The molecule has 0 bridgehead atoms. The Hall–Kier alpha value is -0.480. The van der Waals surface area contributed by atoms with Crippen LogP contribution in [-0.2, 0) is 6.54 Å². The monoisotopic (exact) mass is 303 g/mol. The third-order valence-electron chi connectivity index (χ3n) is 3.18. The lowest BCUT2D eigenvalue weighted by atomic mass is 10.1. The van der Waals surface area contributed by atoms with Crippen LogP contribution in [0.2, 0.25) is 0 Å². The highest BCUT2D eigenvalue weighted by atomic mass is 79.9. The van der Waals surface area contributed by atoms with Crippen LogP contribution < -0.4 is 0 Å². The number of halogens is 3. The van der Waals surface area contributed by atoms with Crippen LogP contribution in [0.4, 0.5) is 8.78 Å². The molecule has 0 amide bonds. The summed E-state index contributed by atoms with van der Waals surface area (Å²) < 4.78 is 27.7. The zero-order valence-electron chi connectivity index (χ0n) is 9.85. The maximum Gasteiger partial charge on any atom is 0.144 e. The normalized spacial score (nSPS) is 15.6. The minimum absolute atomic E-state index is 0.168. The number of benzene rings is 1. The quantitative estimate of drug-likeness (QED) is 0.744. The molecule has 17 heavy (non-hydrogen) atoms. The van der Waals surface area contributed by atoms with Gasteiger partial charge >= 0.3 is 0 Å². The van der Waals surface area contributed by atoms with Gasteiger partial charge in [-0.1, -0.05) is 6.92 Å². The summed E-state index contributed by atoms with van der Waals surface area (Å²) in [5.41, 5.74) is 0.168. The summed E-state index contributed by atoms with van der Waals surface area (Å²) in [6, 6.07) is 2.72. The van der Waals surface area contributed by atoms with Gasteiger partial charge in [0.25, 0.3) is 0 Å². The third-order valence-corrected chi connectivity index (χ3v) is 3.79. The molecule has 2 rings (SSSR count). The van der Waals surface area contributed by atoms with Crippen molar-refractivity contribution in [1.82, 2.24) is 4.90 Å². The van der Waals surface area contributed by atoms with Crippen molar-refractivity contribution in [2.24, 2.45) is 5.92 Å². The van der Waals surface area contributed by atoms with E-state index >= 15 is 0 Å². The molecule has 1 aliphatic carbocycles. The fraction of sp³-hybridized carbons (Fsp3) is 0.538. The van der Waals surface area contributed by atoms with Crippen LogP contribution in [0.5, 0.6) is 0 Å². The van der Waals surface area contributed by atoms with E-state index in [2.05, 4.69) is 20.8 Å². The number of nitrogens with zero attached hydrogens (tertiary/aromatic N) is 1. The Kier molecular flexibility index (Phi) is 4.15. The first-order valence-corrected chi connectivity index (χ1v) is 6.75. The highest BCUT2D eigenvalue weighted by molar-refractivity contribution is 9.10. The van der Waals surface area contributed by atoms with Gasteiger partial charge < -0.3 is 0 Å². The topological polar surface area (TPSA) is 3.24 Å². The molecule has 0 spiro atoms. The first-order chi connectivity index (χ1) is 8.11. The first kappa shape index (κ1) is 13.0. The third kappa shape index (κ3) is 3.26. The molecule has 1 saturated carbocycles. The molecule has 0 heterocycles. The van der Waals surface area contributed by atoms with Gasteiger partial charge in [-0.05, 0) is 53.4 Å². The highest BCUT2D eigenvalue weighted by Gasteiger charge is 2.25. The second kappa shape index (κ2) is 5.44. The molecule has 1 aromatic rings. The molecule has 94 valence electrons. The molecule has 0 aliphatic heterocycles. The van der Waals surface area contributed by atoms with Crippen LogP contribution in [0.3, 0.4) is 0 Å². The maximum atomic E-state index is 13.8. The molecule has 0 atom stereocenters. The fourth-order valence-electron chi connectivity index (χ4n) is 1.91. The second-order valence-corrected chi connectivity index (χ2v) is 5.45. The van der Waals surface area contributed by atoms with E-state index in [1.54, 1.807) is 0 Å². The van der Waals surface area contributed by atoms with Gasteiger partial charge in [-0.2, -0.15) is 0 Å². The van der Waals surface area contributed by atoms with Gasteiger partial charge in [0.05, 0.1) is 4.47 Å². The summed E-state index contributed by atoms with van der Waals surface area (Å²) in [6.07, 6.45) is 2.50. The number of rotatable bonds is 5. The van der Waals surface area contributed by atoms with E-state index in [1.807, 2.05) is 6.92 Å². The minimum Gasteiger partial charge on any atom is -0.299 e. The molecule has 0 unspecified atom stereocenters. The molecular weight excluding hydrogens is 288 g/mol. The summed E-state index contributed by atoms with van der Waals surface area (Å²) in [5.74, 6) is -0.201. The van der Waals surface area contributed by atoms with Crippen LogP contribution in [0.1, 0.15) is 25.3 Å². The summed E-state index contributed by atoms with van der Waals surface area (Å²) in [7, 11) is 0. The Morgan fingerprint density at radius 1 is 1.35 bits per heavy atom. The first-order valence-electron chi connectivity index (χ1n) is 5.96. The maximum absolute atomic E-state index is 13.8. The number of hydrogen-bond donors (Lipinski definition) is 0. The van der Waals surface area contributed by atoms with Crippen LogP contribution in [0, 0.1) is 17.6 Å². The van der Waals surface area contributed by atoms with Gasteiger partial charge in [0.2, 0.25) is 0 Å². The molecular formula is C13H16BrF2N. The Labute approximate surface area is 109 Å². The van der Waals surface area contributed by atoms with E-state index in [1.165, 1.54) is 25.0 Å². The van der Waals surface area contributed by atoms with E-state index in [-0.39, 0.29) is 5.56 Å². The number of hydrogen-bond acceptors (Lipinski definition) is 1. The van der Waals surface area contributed by atoms with Crippen molar-refractivity contribution in [2.75, 3.05) is 13.1 Å². The molecule has 4 heteroatoms. The van der Waals surface area contributed by atoms with Gasteiger partial charge in [-0.15, -0.1) is 0 Å². The standard InChI is InChI=1S/C13H16BrF2N/c1-2-17(7-9-3-4-9)8-10-12(15)6-5-11(14)13(10)16/h5-6,9H,2-4,7-8H2,1H3. The fourth-order valence-corrected chi connectivity index (χ4v) is 2.28. The van der Waals surface area contributed by atoms with Crippen molar-refractivity contribution in [3.8, 4) is 0 Å². The Morgan fingerprint density at radius 2 is 2.06 bits per heavy atom. The molecule has 0 saturated heterocycles. The zero-order chi connectivity index (χ0) is 12.4. The van der Waals surface area contributed by atoms with Crippen LogP contribution in [0.25, 0.3) is 0 Å². The van der Waals surface area contributed by atoms with E-state index < -0.39 is 11.6 Å². The molecule has 1 fully saturated rings. The van der Waals surface area contributed by atoms with E-state index in [9.17, 15) is 8.78 Å². The average molecular weight is 304 g/mol. The van der Waals surface area contributed by atoms with Crippen molar-refractivity contribution in [1.29, 1.82) is 0 Å². The van der Waals surface area contributed by atoms with Gasteiger partial charge in [-0.25, -0.2) is 8.78 Å². The molecule has 0 N–H and O–H groups in total.